The van der Waals surface area contributed by atoms with Crippen molar-refractivity contribution in [2.75, 3.05) is 11.2 Å². The molecule has 2 heterocycles. The van der Waals surface area contributed by atoms with Crippen molar-refractivity contribution >= 4 is 28.5 Å². The predicted octanol–water partition coefficient (Wildman–Crippen LogP) is 6.88. The van der Waals surface area contributed by atoms with Crippen molar-refractivity contribution in [2.24, 2.45) is 5.10 Å². The topological polar surface area (TPSA) is 81.1 Å². The van der Waals surface area contributed by atoms with Crippen molar-refractivity contribution in [3.05, 3.63) is 155 Å². The summed E-state index contributed by atoms with van der Waals surface area (Å²) < 4.78 is 2.08. The maximum absolute atomic E-state index is 5.66. The van der Waals surface area contributed by atoms with Crippen molar-refractivity contribution in [1.82, 2.24) is 14.8 Å². The lowest BCUT2D eigenvalue weighted by atomic mass is 9.77. The zero-order chi connectivity index (χ0) is 26.5. The molecule has 4 aromatic carbocycles. The maximum Gasteiger partial charge on any atom is 0.205 e. The molecule has 0 radical (unpaired) electrons. The molecule has 0 aliphatic heterocycles. The van der Waals surface area contributed by atoms with Gasteiger partial charge < -0.3 is 5.73 Å². The Labute approximate surface area is 231 Å². The van der Waals surface area contributed by atoms with Crippen LogP contribution in [0.4, 0.5) is 10.9 Å². The first kappa shape index (κ1) is 24.3. The lowest BCUT2D eigenvalue weighted by Gasteiger charge is -2.36. The van der Waals surface area contributed by atoms with Crippen molar-refractivity contribution in [3.63, 3.8) is 0 Å². The molecule has 190 valence electrons. The Morgan fingerprint density at radius 2 is 1.31 bits per heavy atom. The number of nitrogens with zero attached hydrogens (tertiary/aromatic N) is 4. The fourth-order valence-corrected chi connectivity index (χ4v) is 5.39. The van der Waals surface area contributed by atoms with Crippen LogP contribution in [-0.2, 0) is 5.54 Å². The van der Waals surface area contributed by atoms with Crippen LogP contribution in [-0.4, -0.2) is 21.0 Å². The predicted molar refractivity (Wildman–Crippen MR) is 160 cm³/mol. The molecule has 6 rings (SSSR count). The third-order valence-corrected chi connectivity index (χ3v) is 7.37. The summed E-state index contributed by atoms with van der Waals surface area (Å²) >= 11 is 1.41. The van der Waals surface area contributed by atoms with E-state index in [1.54, 1.807) is 11.6 Å². The van der Waals surface area contributed by atoms with E-state index in [0.717, 1.165) is 33.5 Å². The monoisotopic (exact) mass is 526 g/mol. The second-order valence-electron chi connectivity index (χ2n) is 9.02. The highest BCUT2D eigenvalue weighted by Crippen LogP contribution is 2.40. The highest BCUT2D eigenvalue weighted by molar-refractivity contribution is 7.14. The van der Waals surface area contributed by atoms with Gasteiger partial charge in [-0.2, -0.15) is 10.2 Å². The summed E-state index contributed by atoms with van der Waals surface area (Å²) in [4.78, 5) is 4.14. The maximum atomic E-state index is 5.66. The van der Waals surface area contributed by atoms with Crippen LogP contribution in [0.25, 0.3) is 11.3 Å². The molecule has 0 fully saturated rings. The van der Waals surface area contributed by atoms with E-state index in [1.807, 2.05) is 30.3 Å². The summed E-state index contributed by atoms with van der Waals surface area (Å²) in [6, 6.07) is 41.9. The summed E-state index contributed by atoms with van der Waals surface area (Å²) in [5.74, 6) is 0.484. The van der Waals surface area contributed by atoms with E-state index in [9.17, 15) is 0 Å². The molecular formula is C32H26N6S. The van der Waals surface area contributed by atoms with Gasteiger partial charge in [0.1, 0.15) is 11.4 Å². The first-order chi connectivity index (χ1) is 19.2. The number of nitrogens with two attached hydrogens (primary N) is 1. The van der Waals surface area contributed by atoms with E-state index in [1.165, 1.54) is 11.3 Å². The highest BCUT2D eigenvalue weighted by Gasteiger charge is 2.39. The van der Waals surface area contributed by atoms with E-state index in [0.29, 0.717) is 10.9 Å². The van der Waals surface area contributed by atoms with E-state index in [2.05, 4.69) is 117 Å². The largest absolute Gasteiger partial charge is 0.383 e. The summed E-state index contributed by atoms with van der Waals surface area (Å²) in [7, 11) is 0. The van der Waals surface area contributed by atoms with E-state index >= 15 is 0 Å². The molecule has 3 N–H and O–H groups in total. The lowest BCUT2D eigenvalue weighted by Crippen LogP contribution is -2.38. The Balaban J connectivity index is 1.38. The lowest BCUT2D eigenvalue weighted by molar-refractivity contribution is 0.461. The van der Waals surface area contributed by atoms with Gasteiger partial charge >= 0.3 is 0 Å². The van der Waals surface area contributed by atoms with Crippen molar-refractivity contribution in [1.29, 1.82) is 0 Å². The van der Waals surface area contributed by atoms with Gasteiger partial charge in [0.05, 0.1) is 11.9 Å². The number of hydrogen-bond acceptors (Lipinski definition) is 6. The van der Waals surface area contributed by atoms with Crippen molar-refractivity contribution in [3.8, 4) is 11.3 Å². The zero-order valence-corrected chi connectivity index (χ0v) is 21.9. The molecule has 39 heavy (non-hydrogen) atoms. The number of nitrogen functional groups attached to an aromatic ring is 1. The van der Waals surface area contributed by atoms with Crippen LogP contribution in [0.15, 0.2) is 138 Å². The first-order valence-electron chi connectivity index (χ1n) is 12.6. The molecule has 0 aliphatic carbocycles. The van der Waals surface area contributed by atoms with E-state index < -0.39 is 5.54 Å². The van der Waals surface area contributed by atoms with E-state index in [4.69, 9.17) is 10.8 Å². The van der Waals surface area contributed by atoms with Gasteiger partial charge in [0.25, 0.3) is 0 Å². The number of nitrogens with one attached hydrogen (secondary N) is 1. The number of benzene rings is 4. The number of thiazole rings is 1. The Kier molecular flexibility index (Phi) is 6.72. The molecule has 0 spiro atoms. The van der Waals surface area contributed by atoms with Gasteiger partial charge in [-0.1, -0.05) is 115 Å². The average Bonchev–Trinajstić information content (AvgIpc) is 3.65. The number of anilines is 2. The summed E-state index contributed by atoms with van der Waals surface area (Å²) in [5.41, 5.74) is 14.2. The van der Waals surface area contributed by atoms with Crippen LogP contribution in [0, 0.1) is 0 Å². The number of hydrogen-bond donors (Lipinski definition) is 2. The Hall–Kier alpha value is -5.01. The zero-order valence-electron chi connectivity index (χ0n) is 21.1. The number of rotatable bonds is 8. The average molecular weight is 527 g/mol. The fourth-order valence-electron chi connectivity index (χ4n) is 4.84. The summed E-state index contributed by atoms with van der Waals surface area (Å²) in [6.45, 7) is 0. The van der Waals surface area contributed by atoms with Gasteiger partial charge in [0, 0.05) is 17.1 Å². The summed E-state index contributed by atoms with van der Waals surface area (Å²) in [6.07, 6.45) is 3.83. The molecule has 2 aromatic heterocycles. The Morgan fingerprint density at radius 3 is 1.82 bits per heavy atom. The Morgan fingerprint density at radius 1 is 0.744 bits per heavy atom. The molecule has 6 nitrogen and oxygen atoms in total. The normalized spacial score (nSPS) is 11.6. The molecule has 0 atom stereocenters. The van der Waals surface area contributed by atoms with Gasteiger partial charge in [0.15, 0.2) is 0 Å². The minimum absolute atomic E-state index is 0.484. The smallest absolute Gasteiger partial charge is 0.205 e. The number of aromatic nitrogens is 3. The van der Waals surface area contributed by atoms with Crippen molar-refractivity contribution < 1.29 is 0 Å². The molecule has 7 heteroatoms. The van der Waals surface area contributed by atoms with Crippen LogP contribution in [0.2, 0.25) is 0 Å². The minimum Gasteiger partial charge on any atom is -0.383 e. The molecule has 6 aromatic rings. The molecule has 0 saturated carbocycles. The SMILES string of the molecule is Nc1csc(NN=Cc2ccc(-c3ccn(C(c4ccccc4)(c4ccccc4)c4ccccc4)n3)cc2)n1. The van der Waals surface area contributed by atoms with Crippen LogP contribution in [0.5, 0.6) is 0 Å². The second kappa shape index (κ2) is 10.8. The standard InChI is InChI=1S/C32H26N6S/c33-30-23-39-31(35-30)36-34-22-24-16-18-25(19-17-24)29-20-21-38(37-29)32(26-10-4-1-5-11-26,27-12-6-2-7-13-27)28-14-8-3-9-15-28/h1-23H,33H2,(H,35,36). The first-order valence-corrected chi connectivity index (χ1v) is 13.4. The second-order valence-corrected chi connectivity index (χ2v) is 9.88. The molecule has 0 amide bonds. The molecule has 0 aliphatic rings. The number of hydrazone groups is 1. The minimum atomic E-state index is -0.639. The van der Waals surface area contributed by atoms with Gasteiger partial charge in [-0.05, 0) is 28.3 Å². The quantitative estimate of drug-likeness (QED) is 0.129. The molecule has 0 saturated heterocycles. The van der Waals surface area contributed by atoms with Crippen LogP contribution >= 0.6 is 11.3 Å². The van der Waals surface area contributed by atoms with Crippen LogP contribution < -0.4 is 11.2 Å². The third-order valence-electron chi connectivity index (χ3n) is 6.61. The fraction of sp³-hybridized carbons (Fsp3) is 0.0312. The summed E-state index contributed by atoms with van der Waals surface area (Å²) in [5, 5.41) is 11.9. The van der Waals surface area contributed by atoms with Crippen LogP contribution in [0.3, 0.4) is 0 Å². The van der Waals surface area contributed by atoms with E-state index in [-0.39, 0.29) is 0 Å². The van der Waals surface area contributed by atoms with Gasteiger partial charge in [-0.15, -0.1) is 11.3 Å². The Bertz CT molecular complexity index is 1580. The molecular weight excluding hydrogens is 500 g/mol. The highest BCUT2D eigenvalue weighted by atomic mass is 32.1. The van der Waals surface area contributed by atoms with Crippen molar-refractivity contribution in [2.45, 2.75) is 5.54 Å². The third kappa shape index (κ3) is 4.83. The van der Waals surface area contributed by atoms with Gasteiger partial charge in [-0.25, -0.2) is 4.98 Å². The van der Waals surface area contributed by atoms with Crippen LogP contribution in [0.1, 0.15) is 22.3 Å². The van der Waals surface area contributed by atoms with Gasteiger partial charge in [0.2, 0.25) is 5.13 Å². The molecule has 0 bridgehead atoms. The molecule has 0 unspecified atom stereocenters. The van der Waals surface area contributed by atoms with Gasteiger partial charge in [-0.3, -0.25) is 10.1 Å².